The molecule has 0 aliphatic heterocycles. The summed E-state index contributed by atoms with van der Waals surface area (Å²) in [5, 5.41) is 21.8. The number of Topliss-reactive ketones (excluding diaryl/α,β-unsaturated/α-hetero) is 1. The zero-order valence-corrected chi connectivity index (χ0v) is 43.2. The maximum Gasteiger partial charge on any atom is 0.472 e. The van der Waals surface area contributed by atoms with Gasteiger partial charge in [0.05, 0.1) is 19.6 Å². The summed E-state index contributed by atoms with van der Waals surface area (Å²) in [5.74, 6) is -1.33. The fourth-order valence-corrected chi connectivity index (χ4v) is 10.3. The third-order valence-electron chi connectivity index (χ3n) is 11.0. The van der Waals surface area contributed by atoms with Gasteiger partial charge in [0.1, 0.15) is 48.5 Å². The normalized spacial score (nSPS) is 21.6. The fraction of sp³-hybridized carbons (Fsp3) is 0.927. The zero-order chi connectivity index (χ0) is 51.2. The Balaban J connectivity index is 2.91. The largest absolute Gasteiger partial charge is 0.472 e. The molecule has 0 spiro atoms. The topological polar surface area (TPSA) is 366 Å². The molecule has 9 N–H and O–H groups in total. The highest BCUT2D eigenvalue weighted by Gasteiger charge is 2.59. The van der Waals surface area contributed by atoms with E-state index in [0.717, 1.165) is 83.5 Å². The molecule has 1 fully saturated rings. The van der Waals surface area contributed by atoms with E-state index >= 15 is 0 Å². The van der Waals surface area contributed by atoms with Crippen molar-refractivity contribution >= 4 is 49.0 Å². The molecular formula is C41H80O23P4. The van der Waals surface area contributed by atoms with Gasteiger partial charge in [-0.1, -0.05) is 136 Å². The van der Waals surface area contributed by atoms with Gasteiger partial charge >= 0.3 is 43.2 Å². The van der Waals surface area contributed by atoms with E-state index in [4.69, 9.17) is 18.5 Å². The molecule has 0 aromatic heterocycles. The molecule has 68 heavy (non-hydrogen) atoms. The Kier molecular flexibility index (Phi) is 33.6. The van der Waals surface area contributed by atoms with Crippen LogP contribution in [0.4, 0.5) is 0 Å². The van der Waals surface area contributed by atoms with Crippen LogP contribution in [0.25, 0.3) is 0 Å². The zero-order valence-electron chi connectivity index (χ0n) is 39.6. The summed E-state index contributed by atoms with van der Waals surface area (Å²) in [6.45, 7) is 3.15. The number of unbranched alkanes of at least 4 members (excludes halogenated alkanes) is 20. The van der Waals surface area contributed by atoms with E-state index in [-0.39, 0.29) is 13.0 Å². The van der Waals surface area contributed by atoms with Gasteiger partial charge in [-0.15, -0.1) is 0 Å². The average Bonchev–Trinajstić information content (AvgIpc) is 3.22. The minimum absolute atomic E-state index is 0.0204. The van der Waals surface area contributed by atoms with Crippen LogP contribution in [-0.4, -0.2) is 118 Å². The number of carbonyl (C=O) groups excluding carboxylic acids is 3. The molecule has 0 amide bonds. The number of aliphatic hydroxyl groups excluding tert-OH is 2. The van der Waals surface area contributed by atoms with Crippen molar-refractivity contribution in [3.8, 4) is 0 Å². The molecule has 1 aliphatic carbocycles. The van der Waals surface area contributed by atoms with Crippen LogP contribution < -0.4 is 0 Å². The quantitative estimate of drug-likeness (QED) is 0.0165. The van der Waals surface area contributed by atoms with E-state index in [1.807, 2.05) is 6.92 Å². The van der Waals surface area contributed by atoms with Crippen molar-refractivity contribution in [2.75, 3.05) is 13.2 Å². The van der Waals surface area contributed by atoms with Crippen LogP contribution >= 0.6 is 31.3 Å². The van der Waals surface area contributed by atoms with Gasteiger partial charge in [-0.3, -0.25) is 37.0 Å². The smallest absolute Gasteiger partial charge is 0.466 e. The van der Waals surface area contributed by atoms with Crippen molar-refractivity contribution in [2.45, 2.75) is 230 Å². The molecule has 0 saturated heterocycles. The van der Waals surface area contributed by atoms with E-state index in [0.29, 0.717) is 37.9 Å². The lowest BCUT2D eigenvalue weighted by Crippen LogP contribution is -2.65. The number of rotatable bonds is 42. The highest BCUT2D eigenvalue weighted by molar-refractivity contribution is 7.47. The number of hydrogen-bond donors (Lipinski definition) is 9. The third kappa shape index (κ3) is 32.8. The summed E-state index contributed by atoms with van der Waals surface area (Å²) in [7, 11) is -23.0. The second kappa shape index (κ2) is 35.2. The molecular weight excluding hydrogens is 984 g/mol. The predicted octanol–water partition coefficient (Wildman–Crippen LogP) is 7.25. The minimum atomic E-state index is -5.80. The van der Waals surface area contributed by atoms with Crippen LogP contribution in [0.3, 0.4) is 0 Å². The van der Waals surface area contributed by atoms with Gasteiger partial charge in [-0.2, -0.15) is 0 Å². The molecule has 27 heteroatoms. The maximum absolute atomic E-state index is 13.3. The summed E-state index contributed by atoms with van der Waals surface area (Å²) < 4.78 is 82.0. The van der Waals surface area contributed by atoms with Gasteiger partial charge in [0.15, 0.2) is 0 Å². The molecule has 0 aromatic carbocycles. The monoisotopic (exact) mass is 1060 g/mol. The first kappa shape index (κ1) is 65.0. The van der Waals surface area contributed by atoms with Crippen molar-refractivity contribution in [1.29, 1.82) is 0 Å². The number of phosphoric acid groups is 4. The molecule has 1 rings (SSSR count). The molecule has 0 aromatic rings. The number of esters is 2. The Morgan fingerprint density at radius 2 is 0.853 bits per heavy atom. The number of ketones is 1. The summed E-state index contributed by atoms with van der Waals surface area (Å²) in [4.78, 5) is 105. The molecule has 1 aliphatic rings. The first-order chi connectivity index (χ1) is 31.9. The Morgan fingerprint density at radius 1 is 0.456 bits per heavy atom. The Hall–Kier alpha value is -1.03. The van der Waals surface area contributed by atoms with Gasteiger partial charge in [0, 0.05) is 19.3 Å². The van der Waals surface area contributed by atoms with Crippen molar-refractivity contribution in [1.82, 2.24) is 0 Å². The van der Waals surface area contributed by atoms with Gasteiger partial charge in [-0.25, -0.2) is 18.3 Å². The van der Waals surface area contributed by atoms with Crippen LogP contribution in [0, 0.1) is 0 Å². The number of phosphoric ester groups is 4. The lowest BCUT2D eigenvalue weighted by molar-refractivity contribution is -0.209. The molecule has 1 saturated carbocycles. The van der Waals surface area contributed by atoms with Crippen LogP contribution in [0.2, 0.25) is 0 Å². The lowest BCUT2D eigenvalue weighted by Gasteiger charge is -2.45. The second-order valence-electron chi connectivity index (χ2n) is 17.2. The summed E-state index contributed by atoms with van der Waals surface area (Å²) in [6.07, 6.45) is 5.35. The number of hydrogen-bond acceptors (Lipinski definition) is 16. The molecule has 23 nitrogen and oxygen atoms in total. The minimum Gasteiger partial charge on any atom is -0.466 e. The van der Waals surface area contributed by atoms with Gasteiger partial charge < -0.3 is 53.9 Å². The first-order valence-electron chi connectivity index (χ1n) is 24.0. The van der Waals surface area contributed by atoms with Crippen molar-refractivity contribution in [3.63, 3.8) is 0 Å². The molecule has 402 valence electrons. The summed E-state index contributed by atoms with van der Waals surface area (Å²) >= 11 is 0. The Morgan fingerprint density at radius 3 is 1.28 bits per heavy atom. The van der Waals surface area contributed by atoms with E-state index < -0.39 is 99.0 Å². The molecule has 0 heterocycles. The number of ether oxygens (including phenoxy) is 2. The molecule has 4 unspecified atom stereocenters. The fourth-order valence-electron chi connectivity index (χ4n) is 7.64. The van der Waals surface area contributed by atoms with E-state index in [2.05, 4.69) is 20.5 Å². The second-order valence-corrected chi connectivity index (χ2v) is 22.2. The molecule has 8 atom stereocenters. The van der Waals surface area contributed by atoms with E-state index in [1.165, 1.54) is 44.9 Å². The summed E-state index contributed by atoms with van der Waals surface area (Å²) in [5.41, 5.74) is 0. The van der Waals surface area contributed by atoms with E-state index in [1.54, 1.807) is 0 Å². The maximum atomic E-state index is 13.3. The summed E-state index contributed by atoms with van der Waals surface area (Å²) in [6, 6.07) is 0. The van der Waals surface area contributed by atoms with Crippen LogP contribution in [-0.2, 0) is 64.7 Å². The standard InChI is InChI=1S/C41H80O23P4/c1-3-5-6-7-8-9-10-11-12-15-18-21-24-28-34(43)60-33(30-35(44)58-29-25-22-19-16-13-14-17-20-23-27-32(42)26-4-2)31-59-68(56,57)64-38-36(45)39(61-65(47,48)49)41(63-67(53,54)55)40(37(38)46)62-66(50,51)52/h33,36-41,45-46H,3-31H2,1-2H3,(H,56,57)(H2,47,48,49)(H2,50,51,52)(H2,53,54,55)/t33-,36-,37?,38?,39-,40+,41?/m1/s1. The lowest BCUT2D eigenvalue weighted by atomic mass is 9.85. The number of aliphatic hydroxyl groups is 2. The van der Waals surface area contributed by atoms with Crippen molar-refractivity contribution in [2.24, 2.45) is 0 Å². The predicted molar refractivity (Wildman–Crippen MR) is 245 cm³/mol. The van der Waals surface area contributed by atoms with Gasteiger partial charge in [-0.05, 0) is 25.7 Å². The molecule has 0 radical (unpaired) electrons. The highest BCUT2D eigenvalue weighted by Crippen LogP contribution is 2.53. The van der Waals surface area contributed by atoms with Gasteiger partial charge in [0.2, 0.25) is 0 Å². The first-order valence-corrected chi connectivity index (χ1v) is 30.1. The highest BCUT2D eigenvalue weighted by atomic mass is 31.2. The van der Waals surface area contributed by atoms with Crippen LogP contribution in [0.5, 0.6) is 0 Å². The van der Waals surface area contributed by atoms with Crippen LogP contribution in [0.1, 0.15) is 187 Å². The third-order valence-corrected chi connectivity index (χ3v) is 13.6. The van der Waals surface area contributed by atoms with Crippen molar-refractivity contribution < 1.29 is 109 Å². The molecule has 0 bridgehead atoms. The Bertz CT molecular complexity index is 1560. The van der Waals surface area contributed by atoms with Gasteiger partial charge in [0.25, 0.3) is 0 Å². The van der Waals surface area contributed by atoms with Crippen molar-refractivity contribution in [3.05, 3.63) is 0 Å². The SMILES string of the molecule is CCCCCCCCCCCCCCCC(=O)O[C@@H](COP(=O)(O)OC1C(O)[C@H](OP(=O)(O)O)C(OP(=O)(O)O)[C@H](OP(=O)(O)O)[C@@H]1O)CC(=O)OCCCCCCCCCCCC(=O)CCC. The average molecular weight is 1060 g/mol. The Labute approximate surface area is 400 Å². The van der Waals surface area contributed by atoms with E-state index in [9.17, 15) is 77.1 Å². The van der Waals surface area contributed by atoms with Crippen LogP contribution in [0.15, 0.2) is 0 Å². The number of carbonyl (C=O) groups is 3.